The number of pyridine rings is 1. The maximum atomic E-state index is 13.3. The van der Waals surface area contributed by atoms with E-state index < -0.39 is 17.6 Å². The van der Waals surface area contributed by atoms with Gasteiger partial charge in [-0.2, -0.15) is 18.3 Å². The summed E-state index contributed by atoms with van der Waals surface area (Å²) in [4.78, 5) is 6.38. The van der Waals surface area contributed by atoms with Gasteiger partial charge in [-0.25, -0.2) is 4.98 Å². The Balaban J connectivity index is 1.38. The van der Waals surface area contributed by atoms with Crippen molar-refractivity contribution >= 4 is 5.82 Å². The van der Waals surface area contributed by atoms with E-state index in [0.29, 0.717) is 41.1 Å². The zero-order valence-electron chi connectivity index (χ0n) is 18.6. The number of nitrogens with two attached hydrogens (primary N) is 1. The first-order chi connectivity index (χ1) is 15.1. The normalized spacial score (nSPS) is 30.7. The summed E-state index contributed by atoms with van der Waals surface area (Å²) in [5.74, 6) is 1.15. The van der Waals surface area contributed by atoms with Crippen molar-refractivity contribution < 1.29 is 17.9 Å². The van der Waals surface area contributed by atoms with Gasteiger partial charge in [-0.15, -0.1) is 0 Å². The number of nitrogen functional groups attached to an aromatic ring is 1. The molecule has 5 atom stereocenters. The van der Waals surface area contributed by atoms with E-state index in [0.717, 1.165) is 31.5 Å². The lowest BCUT2D eigenvalue weighted by Gasteiger charge is -2.38. The van der Waals surface area contributed by atoms with Gasteiger partial charge in [0.1, 0.15) is 5.82 Å². The van der Waals surface area contributed by atoms with Crippen LogP contribution in [0.4, 0.5) is 19.0 Å². The number of hydrogen-bond donors (Lipinski definition) is 1. The Kier molecular flexibility index (Phi) is 5.24. The standard InChI is InChI=1S/C23H30F3N5O/c1-12(2)31-20(9-19(29-31)14-6-18(23(24,25)26)22(27)28-10-14)21-16-7-15(8-17(16)21)30-4-5-32-11-13(30)3/h6,9-10,12-13,15-17,21H,4-5,7-8,11H2,1-3H3,(H2,27,28)/t13-,15?,16-,17+,21?/m1/s1. The summed E-state index contributed by atoms with van der Waals surface area (Å²) in [5, 5.41) is 4.68. The molecule has 0 spiro atoms. The van der Waals surface area contributed by atoms with Crippen LogP contribution in [-0.2, 0) is 10.9 Å². The SMILES string of the molecule is CC(C)n1nc(-c2cnc(N)c(C(F)(F)F)c2)cc1C1[C@H]2CC(N3CCOC[C@H]3C)C[C@@H]12. The molecule has 2 aromatic rings. The Morgan fingerprint density at radius 2 is 1.91 bits per heavy atom. The summed E-state index contributed by atoms with van der Waals surface area (Å²) in [6.45, 7) is 8.94. The summed E-state index contributed by atoms with van der Waals surface area (Å²) in [6, 6.07) is 4.20. The van der Waals surface area contributed by atoms with Crippen LogP contribution in [0.15, 0.2) is 18.3 Å². The highest BCUT2D eigenvalue weighted by Gasteiger charge is 2.59. The van der Waals surface area contributed by atoms with Crippen molar-refractivity contribution in [1.29, 1.82) is 0 Å². The second kappa shape index (κ2) is 7.73. The maximum absolute atomic E-state index is 13.3. The van der Waals surface area contributed by atoms with Crippen molar-refractivity contribution in [2.45, 2.75) is 63.8 Å². The van der Waals surface area contributed by atoms with Crippen LogP contribution >= 0.6 is 0 Å². The fraction of sp³-hybridized carbons (Fsp3) is 0.652. The van der Waals surface area contributed by atoms with E-state index in [1.54, 1.807) is 0 Å². The molecule has 2 saturated carbocycles. The molecule has 174 valence electrons. The molecule has 3 heterocycles. The van der Waals surface area contributed by atoms with Gasteiger partial charge in [0.05, 0.1) is 24.5 Å². The Labute approximate surface area is 185 Å². The van der Waals surface area contributed by atoms with Gasteiger partial charge in [-0.1, -0.05) is 0 Å². The van der Waals surface area contributed by atoms with Crippen LogP contribution in [0.2, 0.25) is 0 Å². The molecule has 3 fully saturated rings. The molecule has 0 radical (unpaired) electrons. The molecule has 1 aliphatic heterocycles. The van der Waals surface area contributed by atoms with E-state index in [-0.39, 0.29) is 6.04 Å². The lowest BCUT2D eigenvalue weighted by molar-refractivity contribution is -0.137. The number of hydrogen-bond acceptors (Lipinski definition) is 5. The first kappa shape index (κ1) is 21.7. The molecule has 3 aliphatic rings. The largest absolute Gasteiger partial charge is 0.419 e. The summed E-state index contributed by atoms with van der Waals surface area (Å²) in [6.07, 6.45) is -0.833. The minimum atomic E-state index is -4.55. The van der Waals surface area contributed by atoms with Crippen LogP contribution in [0.3, 0.4) is 0 Å². The van der Waals surface area contributed by atoms with Gasteiger partial charge in [-0.3, -0.25) is 9.58 Å². The van der Waals surface area contributed by atoms with Gasteiger partial charge in [0.2, 0.25) is 0 Å². The van der Waals surface area contributed by atoms with Gasteiger partial charge in [0.25, 0.3) is 0 Å². The quantitative estimate of drug-likeness (QED) is 0.752. The van der Waals surface area contributed by atoms with E-state index >= 15 is 0 Å². The van der Waals surface area contributed by atoms with Crippen LogP contribution in [-0.4, -0.2) is 51.5 Å². The number of fused-ring (bicyclic) bond motifs is 1. The van der Waals surface area contributed by atoms with Crippen molar-refractivity contribution in [3.8, 4) is 11.3 Å². The average molecular weight is 450 g/mol. The minimum absolute atomic E-state index is 0.124. The first-order valence-electron chi connectivity index (χ1n) is 11.4. The molecule has 2 aliphatic carbocycles. The number of rotatable bonds is 4. The summed E-state index contributed by atoms with van der Waals surface area (Å²) in [7, 11) is 0. The molecule has 0 aromatic carbocycles. The maximum Gasteiger partial charge on any atom is 0.419 e. The second-order valence-electron chi connectivity index (χ2n) is 9.79. The molecule has 32 heavy (non-hydrogen) atoms. The Morgan fingerprint density at radius 3 is 2.53 bits per heavy atom. The van der Waals surface area contributed by atoms with Gasteiger partial charge in [0, 0.05) is 48.0 Å². The van der Waals surface area contributed by atoms with Crippen LogP contribution in [0.5, 0.6) is 0 Å². The van der Waals surface area contributed by atoms with Crippen LogP contribution in [0.1, 0.15) is 56.8 Å². The number of aromatic nitrogens is 3. The molecular formula is C23H30F3N5O. The third kappa shape index (κ3) is 3.69. The number of nitrogens with zero attached hydrogens (tertiary/aromatic N) is 4. The van der Waals surface area contributed by atoms with Gasteiger partial charge in [-0.05, 0) is 57.6 Å². The zero-order valence-corrected chi connectivity index (χ0v) is 18.6. The number of morpholine rings is 1. The fourth-order valence-corrected chi connectivity index (χ4v) is 5.86. The average Bonchev–Trinajstić information content (AvgIpc) is 3.07. The van der Waals surface area contributed by atoms with E-state index in [9.17, 15) is 13.2 Å². The molecule has 9 heteroatoms. The van der Waals surface area contributed by atoms with E-state index in [4.69, 9.17) is 10.5 Å². The van der Waals surface area contributed by atoms with Gasteiger partial charge in [0.15, 0.2) is 0 Å². The third-order valence-corrected chi connectivity index (χ3v) is 7.42. The molecular weight excluding hydrogens is 419 g/mol. The third-order valence-electron chi connectivity index (χ3n) is 7.42. The fourth-order valence-electron chi connectivity index (χ4n) is 5.86. The van der Waals surface area contributed by atoms with Crippen LogP contribution < -0.4 is 5.73 Å². The summed E-state index contributed by atoms with van der Waals surface area (Å²) in [5.41, 5.74) is 6.55. The Morgan fingerprint density at radius 1 is 1.19 bits per heavy atom. The summed E-state index contributed by atoms with van der Waals surface area (Å²) < 4.78 is 47.5. The molecule has 2 unspecified atom stereocenters. The highest BCUT2D eigenvalue weighted by molar-refractivity contribution is 5.63. The monoisotopic (exact) mass is 449 g/mol. The zero-order chi connectivity index (χ0) is 22.8. The topological polar surface area (TPSA) is 69.2 Å². The van der Waals surface area contributed by atoms with E-state index in [1.807, 2.05) is 10.7 Å². The highest BCUT2D eigenvalue weighted by atomic mass is 19.4. The predicted molar refractivity (Wildman–Crippen MR) is 115 cm³/mol. The first-order valence-corrected chi connectivity index (χ1v) is 11.4. The number of halogens is 3. The summed E-state index contributed by atoms with van der Waals surface area (Å²) >= 11 is 0. The van der Waals surface area contributed by atoms with Crippen molar-refractivity contribution in [2.75, 3.05) is 25.5 Å². The van der Waals surface area contributed by atoms with Crippen molar-refractivity contribution in [1.82, 2.24) is 19.7 Å². The van der Waals surface area contributed by atoms with Gasteiger partial charge < -0.3 is 10.5 Å². The second-order valence-corrected chi connectivity index (χ2v) is 9.79. The lowest BCUT2D eigenvalue weighted by atomic mass is 10.0. The number of alkyl halides is 3. The van der Waals surface area contributed by atoms with Crippen molar-refractivity contribution in [2.24, 2.45) is 11.8 Å². The Bertz CT molecular complexity index is 992. The van der Waals surface area contributed by atoms with E-state index in [2.05, 4.69) is 35.8 Å². The van der Waals surface area contributed by atoms with Crippen molar-refractivity contribution in [3.63, 3.8) is 0 Å². The molecule has 0 amide bonds. The smallest absolute Gasteiger partial charge is 0.383 e. The predicted octanol–water partition coefficient (Wildman–Crippen LogP) is 4.34. The minimum Gasteiger partial charge on any atom is -0.383 e. The highest BCUT2D eigenvalue weighted by Crippen LogP contribution is 2.64. The molecule has 5 rings (SSSR count). The van der Waals surface area contributed by atoms with E-state index in [1.165, 1.54) is 19.0 Å². The van der Waals surface area contributed by atoms with Crippen LogP contribution in [0, 0.1) is 11.8 Å². The molecule has 6 nitrogen and oxygen atoms in total. The van der Waals surface area contributed by atoms with Crippen molar-refractivity contribution in [3.05, 3.63) is 29.6 Å². The molecule has 1 saturated heterocycles. The van der Waals surface area contributed by atoms with Crippen LogP contribution in [0.25, 0.3) is 11.3 Å². The molecule has 0 bridgehead atoms. The Hall–Kier alpha value is -2.13. The molecule has 2 aromatic heterocycles. The lowest BCUT2D eigenvalue weighted by Crippen LogP contribution is -2.49. The van der Waals surface area contributed by atoms with Gasteiger partial charge >= 0.3 is 6.18 Å². The number of anilines is 1. The number of ether oxygens (including phenoxy) is 1. The molecule has 2 N–H and O–H groups in total.